The number of aromatic nitrogens is 1. The Morgan fingerprint density at radius 3 is 2.71 bits per heavy atom. The van der Waals surface area contributed by atoms with E-state index < -0.39 is 5.95 Å². The molecule has 5 heteroatoms. The van der Waals surface area contributed by atoms with Crippen LogP contribution in [0.25, 0.3) is 0 Å². The lowest BCUT2D eigenvalue weighted by molar-refractivity contribution is 0.286. The van der Waals surface area contributed by atoms with Gasteiger partial charge < -0.3 is 4.74 Å². The fraction of sp³-hybridized carbons (Fsp3) is 0.0833. The third kappa shape index (κ3) is 3.08. The Morgan fingerprint density at radius 2 is 2.00 bits per heavy atom. The van der Waals surface area contributed by atoms with E-state index in [1.54, 1.807) is 24.3 Å². The maximum atomic E-state index is 13.2. The number of hydrogen-bond donors (Lipinski definition) is 0. The molecule has 88 valence electrons. The monoisotopic (exact) mass is 271 g/mol. The van der Waals surface area contributed by atoms with Gasteiger partial charge in [-0.15, -0.1) is 0 Å². The molecule has 0 fully saturated rings. The van der Waals surface area contributed by atoms with Crippen LogP contribution < -0.4 is 4.74 Å². The third-order valence-corrected chi connectivity index (χ3v) is 2.84. The lowest BCUT2D eigenvalue weighted by Gasteiger charge is -2.07. The number of nitrogens with zero attached hydrogens (tertiary/aromatic N) is 1. The van der Waals surface area contributed by atoms with E-state index >= 15 is 0 Å². The molecule has 0 spiro atoms. The van der Waals surface area contributed by atoms with E-state index in [1.807, 2.05) is 0 Å². The summed E-state index contributed by atoms with van der Waals surface area (Å²) in [5.74, 6) is -0.522. The van der Waals surface area contributed by atoms with Crippen LogP contribution in [0.2, 0.25) is 10.0 Å². The smallest absolute Gasteiger partial charge is 0.255 e. The molecule has 0 saturated heterocycles. The van der Waals surface area contributed by atoms with Gasteiger partial charge in [0.1, 0.15) is 6.61 Å². The van der Waals surface area contributed by atoms with Gasteiger partial charge in [-0.3, -0.25) is 0 Å². The van der Waals surface area contributed by atoms with Crippen molar-refractivity contribution in [3.63, 3.8) is 0 Å². The number of benzene rings is 1. The van der Waals surface area contributed by atoms with Crippen LogP contribution in [0.5, 0.6) is 5.75 Å². The van der Waals surface area contributed by atoms with E-state index in [-0.39, 0.29) is 12.4 Å². The molecule has 0 bridgehead atoms. The summed E-state index contributed by atoms with van der Waals surface area (Å²) in [5, 5.41) is 0.919. The molecule has 0 aliphatic carbocycles. The van der Waals surface area contributed by atoms with Crippen LogP contribution in [0.1, 0.15) is 5.56 Å². The summed E-state index contributed by atoms with van der Waals surface area (Å²) in [6.45, 7) is 0.208. The van der Waals surface area contributed by atoms with Crippen LogP contribution >= 0.6 is 23.2 Å². The van der Waals surface area contributed by atoms with Crippen LogP contribution in [0.4, 0.5) is 4.39 Å². The molecule has 2 nitrogen and oxygen atoms in total. The Balaban J connectivity index is 2.08. The van der Waals surface area contributed by atoms with Gasteiger partial charge in [0.2, 0.25) is 0 Å². The van der Waals surface area contributed by atoms with E-state index in [9.17, 15) is 4.39 Å². The van der Waals surface area contributed by atoms with Gasteiger partial charge in [-0.25, -0.2) is 4.98 Å². The van der Waals surface area contributed by atoms with Crippen molar-refractivity contribution in [2.75, 3.05) is 0 Å². The Bertz CT molecular complexity index is 534. The molecular formula is C12H8Cl2FNO. The molecule has 0 saturated carbocycles. The number of hydrogen-bond acceptors (Lipinski definition) is 2. The van der Waals surface area contributed by atoms with Crippen molar-refractivity contribution in [3.8, 4) is 5.75 Å². The maximum absolute atomic E-state index is 13.2. The van der Waals surface area contributed by atoms with Gasteiger partial charge in [-0.1, -0.05) is 29.3 Å². The molecule has 2 rings (SSSR count). The summed E-state index contributed by atoms with van der Waals surface area (Å²) >= 11 is 11.6. The van der Waals surface area contributed by atoms with Crippen LogP contribution in [-0.2, 0) is 6.61 Å². The molecule has 1 aromatic heterocycles. The summed E-state index contributed by atoms with van der Waals surface area (Å²) in [4.78, 5) is 3.48. The molecule has 0 aliphatic heterocycles. The highest BCUT2D eigenvalue weighted by atomic mass is 35.5. The molecule has 0 unspecified atom stereocenters. The van der Waals surface area contributed by atoms with Crippen LogP contribution in [0.15, 0.2) is 36.5 Å². The van der Waals surface area contributed by atoms with Crippen molar-refractivity contribution in [3.05, 3.63) is 58.1 Å². The van der Waals surface area contributed by atoms with E-state index in [0.717, 1.165) is 5.56 Å². The lowest BCUT2D eigenvalue weighted by Crippen LogP contribution is -1.98. The first-order chi connectivity index (χ1) is 8.16. The van der Waals surface area contributed by atoms with Gasteiger partial charge in [-0.05, 0) is 29.8 Å². The quantitative estimate of drug-likeness (QED) is 0.784. The third-order valence-electron chi connectivity index (χ3n) is 2.10. The Labute approximate surface area is 108 Å². The standard InChI is InChI=1S/C12H8Cl2FNO/c13-9-4-3-8(6-10(9)14)7-17-11-2-1-5-16-12(11)15/h1-6H,7H2. The minimum atomic E-state index is -0.632. The fourth-order valence-corrected chi connectivity index (χ4v) is 1.59. The van der Waals surface area contributed by atoms with Gasteiger partial charge in [0, 0.05) is 6.20 Å². The fourth-order valence-electron chi connectivity index (χ4n) is 1.27. The molecule has 2 aromatic rings. The molecule has 0 aliphatic rings. The van der Waals surface area contributed by atoms with Crippen LogP contribution in [0, 0.1) is 5.95 Å². The van der Waals surface area contributed by atoms with Gasteiger partial charge in [0.25, 0.3) is 5.95 Å². The van der Waals surface area contributed by atoms with Gasteiger partial charge in [-0.2, -0.15) is 4.39 Å². The van der Waals surface area contributed by atoms with Crippen molar-refractivity contribution in [2.24, 2.45) is 0 Å². The number of pyridine rings is 1. The molecule has 17 heavy (non-hydrogen) atoms. The largest absolute Gasteiger partial charge is 0.484 e. The summed E-state index contributed by atoms with van der Waals surface area (Å²) < 4.78 is 18.4. The van der Waals surface area contributed by atoms with Crippen molar-refractivity contribution in [1.82, 2.24) is 4.98 Å². The Morgan fingerprint density at radius 1 is 1.18 bits per heavy atom. The topological polar surface area (TPSA) is 22.1 Å². The highest BCUT2D eigenvalue weighted by Crippen LogP contribution is 2.23. The highest BCUT2D eigenvalue weighted by molar-refractivity contribution is 6.42. The number of ether oxygens (including phenoxy) is 1. The zero-order valence-electron chi connectivity index (χ0n) is 8.66. The first-order valence-electron chi connectivity index (χ1n) is 4.84. The average Bonchev–Trinajstić information content (AvgIpc) is 2.32. The molecular weight excluding hydrogens is 264 g/mol. The zero-order valence-corrected chi connectivity index (χ0v) is 10.2. The maximum Gasteiger partial charge on any atom is 0.255 e. The zero-order chi connectivity index (χ0) is 12.3. The van der Waals surface area contributed by atoms with Gasteiger partial charge >= 0.3 is 0 Å². The minimum absolute atomic E-state index is 0.110. The first-order valence-corrected chi connectivity index (χ1v) is 5.59. The van der Waals surface area contributed by atoms with Crippen molar-refractivity contribution >= 4 is 23.2 Å². The summed E-state index contributed by atoms with van der Waals surface area (Å²) in [5.41, 5.74) is 0.808. The second-order valence-electron chi connectivity index (χ2n) is 3.33. The van der Waals surface area contributed by atoms with Crippen molar-refractivity contribution < 1.29 is 9.13 Å². The molecule has 0 radical (unpaired) electrons. The average molecular weight is 272 g/mol. The van der Waals surface area contributed by atoms with Crippen LogP contribution in [-0.4, -0.2) is 4.98 Å². The van der Waals surface area contributed by atoms with Crippen LogP contribution in [0.3, 0.4) is 0 Å². The normalized spacial score (nSPS) is 10.3. The van der Waals surface area contributed by atoms with E-state index in [1.165, 1.54) is 12.3 Å². The highest BCUT2D eigenvalue weighted by Gasteiger charge is 2.04. The van der Waals surface area contributed by atoms with Gasteiger partial charge in [0.15, 0.2) is 5.75 Å². The van der Waals surface area contributed by atoms with E-state index in [4.69, 9.17) is 27.9 Å². The van der Waals surface area contributed by atoms with Crippen molar-refractivity contribution in [1.29, 1.82) is 0 Å². The Kier molecular flexibility index (Phi) is 3.82. The Hall–Kier alpha value is -1.32. The molecule has 0 atom stereocenters. The predicted octanol–water partition coefficient (Wildman–Crippen LogP) is 4.11. The summed E-state index contributed by atoms with van der Waals surface area (Å²) in [6, 6.07) is 8.23. The second kappa shape index (κ2) is 5.34. The van der Waals surface area contributed by atoms with Crippen molar-refractivity contribution in [2.45, 2.75) is 6.61 Å². The first kappa shape index (κ1) is 12.1. The molecule has 0 N–H and O–H groups in total. The predicted molar refractivity (Wildman–Crippen MR) is 65.0 cm³/mol. The molecule has 1 heterocycles. The lowest BCUT2D eigenvalue weighted by atomic mass is 10.2. The second-order valence-corrected chi connectivity index (χ2v) is 4.14. The SMILES string of the molecule is Fc1ncccc1OCc1ccc(Cl)c(Cl)c1. The number of rotatable bonds is 3. The summed E-state index contributed by atoms with van der Waals surface area (Å²) in [6.07, 6.45) is 1.36. The van der Waals surface area contributed by atoms with Gasteiger partial charge in [0.05, 0.1) is 10.0 Å². The summed E-state index contributed by atoms with van der Waals surface area (Å²) in [7, 11) is 0. The minimum Gasteiger partial charge on any atom is -0.484 e. The van der Waals surface area contributed by atoms with E-state index in [0.29, 0.717) is 10.0 Å². The van der Waals surface area contributed by atoms with E-state index in [2.05, 4.69) is 4.98 Å². The number of halogens is 3. The molecule has 1 aromatic carbocycles. The molecule has 0 amide bonds.